The SMILES string of the molecule is Cc1c(NC(=O)CCC(=O)O)cccc1C(N)=O. The number of benzene rings is 1. The van der Waals surface area contributed by atoms with E-state index in [0.717, 1.165) is 0 Å². The number of carbonyl (C=O) groups excluding carboxylic acids is 2. The van der Waals surface area contributed by atoms with Gasteiger partial charge in [0.05, 0.1) is 6.42 Å². The maximum Gasteiger partial charge on any atom is 0.303 e. The Kier molecular flexibility index (Phi) is 4.42. The van der Waals surface area contributed by atoms with Gasteiger partial charge in [-0.15, -0.1) is 0 Å². The smallest absolute Gasteiger partial charge is 0.303 e. The van der Waals surface area contributed by atoms with Crippen molar-refractivity contribution in [3.8, 4) is 0 Å². The van der Waals surface area contributed by atoms with Crippen LogP contribution >= 0.6 is 0 Å². The molecule has 0 bridgehead atoms. The number of rotatable bonds is 5. The zero-order chi connectivity index (χ0) is 13.7. The summed E-state index contributed by atoms with van der Waals surface area (Å²) in [4.78, 5) is 32.9. The van der Waals surface area contributed by atoms with Crippen LogP contribution < -0.4 is 11.1 Å². The van der Waals surface area contributed by atoms with Crippen molar-refractivity contribution in [3.63, 3.8) is 0 Å². The summed E-state index contributed by atoms with van der Waals surface area (Å²) in [5.74, 6) is -2.02. The molecule has 18 heavy (non-hydrogen) atoms. The molecule has 2 amide bonds. The van der Waals surface area contributed by atoms with E-state index in [1.807, 2.05) is 0 Å². The molecule has 0 saturated carbocycles. The zero-order valence-electron chi connectivity index (χ0n) is 9.90. The fraction of sp³-hybridized carbons (Fsp3) is 0.250. The molecule has 0 unspecified atom stereocenters. The van der Waals surface area contributed by atoms with Gasteiger partial charge in [-0.1, -0.05) is 6.07 Å². The van der Waals surface area contributed by atoms with Gasteiger partial charge >= 0.3 is 5.97 Å². The number of carbonyl (C=O) groups is 3. The lowest BCUT2D eigenvalue weighted by atomic mass is 10.1. The van der Waals surface area contributed by atoms with Gasteiger partial charge < -0.3 is 16.2 Å². The monoisotopic (exact) mass is 250 g/mol. The molecule has 0 fully saturated rings. The average molecular weight is 250 g/mol. The van der Waals surface area contributed by atoms with E-state index >= 15 is 0 Å². The van der Waals surface area contributed by atoms with E-state index in [4.69, 9.17) is 10.8 Å². The van der Waals surface area contributed by atoms with Crippen molar-refractivity contribution in [1.29, 1.82) is 0 Å². The number of amides is 2. The molecule has 0 aliphatic rings. The first-order valence-electron chi connectivity index (χ1n) is 5.33. The van der Waals surface area contributed by atoms with Crippen LogP contribution in [0.15, 0.2) is 18.2 Å². The molecule has 6 heteroatoms. The van der Waals surface area contributed by atoms with Crippen molar-refractivity contribution in [2.24, 2.45) is 5.73 Å². The third-order valence-electron chi connectivity index (χ3n) is 2.44. The summed E-state index contributed by atoms with van der Waals surface area (Å²) < 4.78 is 0. The van der Waals surface area contributed by atoms with Crippen LogP contribution in [0.2, 0.25) is 0 Å². The van der Waals surface area contributed by atoms with Crippen LogP contribution in [-0.4, -0.2) is 22.9 Å². The van der Waals surface area contributed by atoms with Gasteiger partial charge in [-0.3, -0.25) is 14.4 Å². The highest BCUT2D eigenvalue weighted by Gasteiger charge is 2.11. The second-order valence-corrected chi connectivity index (χ2v) is 3.78. The highest BCUT2D eigenvalue weighted by Crippen LogP contribution is 2.18. The first-order valence-corrected chi connectivity index (χ1v) is 5.33. The number of nitrogens with two attached hydrogens (primary N) is 1. The van der Waals surface area contributed by atoms with Gasteiger partial charge in [0.1, 0.15) is 0 Å². The van der Waals surface area contributed by atoms with E-state index in [1.165, 1.54) is 0 Å². The summed E-state index contributed by atoms with van der Waals surface area (Å²) in [6.07, 6.45) is -0.351. The molecule has 96 valence electrons. The van der Waals surface area contributed by atoms with Crippen molar-refractivity contribution in [3.05, 3.63) is 29.3 Å². The predicted octanol–water partition coefficient (Wildman–Crippen LogP) is 0.897. The molecule has 0 aromatic heterocycles. The third-order valence-corrected chi connectivity index (χ3v) is 2.44. The van der Waals surface area contributed by atoms with Crippen LogP contribution in [0.25, 0.3) is 0 Å². The number of anilines is 1. The molecular formula is C12H14N2O4. The number of hydrogen-bond acceptors (Lipinski definition) is 3. The predicted molar refractivity (Wildman–Crippen MR) is 65.2 cm³/mol. The second kappa shape index (κ2) is 5.81. The van der Waals surface area contributed by atoms with Crippen molar-refractivity contribution < 1.29 is 19.5 Å². The van der Waals surface area contributed by atoms with Gasteiger partial charge in [0.25, 0.3) is 0 Å². The summed E-state index contributed by atoms with van der Waals surface area (Å²) in [6.45, 7) is 1.66. The van der Waals surface area contributed by atoms with Gasteiger partial charge in [-0.2, -0.15) is 0 Å². The number of carboxylic acid groups (broad SMARTS) is 1. The van der Waals surface area contributed by atoms with Crippen LogP contribution in [-0.2, 0) is 9.59 Å². The van der Waals surface area contributed by atoms with Crippen LogP contribution in [0.3, 0.4) is 0 Å². The van der Waals surface area contributed by atoms with E-state index < -0.39 is 17.8 Å². The molecule has 0 radical (unpaired) electrons. The molecule has 1 aromatic rings. The minimum absolute atomic E-state index is 0.116. The molecule has 6 nitrogen and oxygen atoms in total. The zero-order valence-corrected chi connectivity index (χ0v) is 9.90. The quantitative estimate of drug-likeness (QED) is 0.721. The van der Waals surface area contributed by atoms with Crippen molar-refractivity contribution >= 4 is 23.5 Å². The average Bonchev–Trinajstić information content (AvgIpc) is 2.29. The fourth-order valence-electron chi connectivity index (χ4n) is 1.47. The number of primary amides is 1. The molecule has 1 rings (SSSR count). The largest absolute Gasteiger partial charge is 0.481 e. The van der Waals surface area contributed by atoms with Crippen LogP contribution in [0.1, 0.15) is 28.8 Å². The Balaban J connectivity index is 2.79. The van der Waals surface area contributed by atoms with E-state index in [2.05, 4.69) is 5.32 Å². The molecule has 1 aromatic carbocycles. The Morgan fingerprint density at radius 2 is 1.94 bits per heavy atom. The minimum Gasteiger partial charge on any atom is -0.481 e. The van der Waals surface area contributed by atoms with E-state index in [9.17, 15) is 14.4 Å². The van der Waals surface area contributed by atoms with E-state index in [-0.39, 0.29) is 12.8 Å². The van der Waals surface area contributed by atoms with Gasteiger partial charge in [-0.05, 0) is 24.6 Å². The fourth-order valence-corrected chi connectivity index (χ4v) is 1.47. The maximum atomic E-state index is 11.5. The molecule has 0 saturated heterocycles. The number of nitrogens with one attached hydrogen (secondary N) is 1. The van der Waals surface area contributed by atoms with Crippen molar-refractivity contribution in [2.45, 2.75) is 19.8 Å². The number of aliphatic carboxylic acids is 1. The Morgan fingerprint density at radius 1 is 1.28 bits per heavy atom. The minimum atomic E-state index is -1.03. The molecule has 4 N–H and O–H groups in total. The highest BCUT2D eigenvalue weighted by molar-refractivity contribution is 5.98. The summed E-state index contributed by atoms with van der Waals surface area (Å²) in [5.41, 5.74) is 6.53. The topological polar surface area (TPSA) is 109 Å². The van der Waals surface area contributed by atoms with E-state index in [0.29, 0.717) is 16.8 Å². The van der Waals surface area contributed by atoms with Crippen LogP contribution in [0.5, 0.6) is 0 Å². The molecular weight excluding hydrogens is 236 g/mol. The molecule has 0 heterocycles. The second-order valence-electron chi connectivity index (χ2n) is 3.78. The highest BCUT2D eigenvalue weighted by atomic mass is 16.4. The van der Waals surface area contributed by atoms with Crippen molar-refractivity contribution in [2.75, 3.05) is 5.32 Å². The van der Waals surface area contributed by atoms with Gasteiger partial charge in [0, 0.05) is 17.7 Å². The Bertz CT molecular complexity index is 497. The van der Waals surface area contributed by atoms with Gasteiger partial charge in [0.2, 0.25) is 11.8 Å². The van der Waals surface area contributed by atoms with Gasteiger partial charge in [-0.25, -0.2) is 0 Å². The molecule has 0 spiro atoms. The normalized spacial score (nSPS) is 9.83. The molecule has 0 atom stereocenters. The summed E-state index contributed by atoms with van der Waals surface area (Å²) in [7, 11) is 0. The first-order chi connectivity index (χ1) is 8.41. The summed E-state index contributed by atoms with van der Waals surface area (Å²) in [5, 5.41) is 11.0. The number of hydrogen-bond donors (Lipinski definition) is 3. The van der Waals surface area contributed by atoms with E-state index in [1.54, 1.807) is 25.1 Å². The van der Waals surface area contributed by atoms with Gasteiger partial charge in [0.15, 0.2) is 0 Å². The number of carboxylic acids is 1. The van der Waals surface area contributed by atoms with Crippen molar-refractivity contribution in [1.82, 2.24) is 0 Å². The maximum absolute atomic E-state index is 11.5. The summed E-state index contributed by atoms with van der Waals surface area (Å²) in [6, 6.07) is 4.78. The lowest BCUT2D eigenvalue weighted by molar-refractivity contribution is -0.138. The first kappa shape index (κ1) is 13.7. The van der Waals surface area contributed by atoms with Crippen LogP contribution in [0.4, 0.5) is 5.69 Å². The Morgan fingerprint density at radius 3 is 2.50 bits per heavy atom. The lowest BCUT2D eigenvalue weighted by Crippen LogP contribution is -2.17. The lowest BCUT2D eigenvalue weighted by Gasteiger charge is -2.10. The molecule has 0 aliphatic carbocycles. The molecule has 0 aliphatic heterocycles. The third kappa shape index (κ3) is 3.58. The Hall–Kier alpha value is -2.37. The summed E-state index contributed by atoms with van der Waals surface area (Å²) >= 11 is 0. The standard InChI is InChI=1S/C12H14N2O4/c1-7-8(12(13)18)3-2-4-9(7)14-10(15)5-6-11(16)17/h2-4H,5-6H2,1H3,(H2,13,18)(H,14,15)(H,16,17). The van der Waals surface area contributed by atoms with Crippen LogP contribution in [0, 0.1) is 6.92 Å². The Labute approximate surface area is 104 Å².